The van der Waals surface area contributed by atoms with E-state index in [4.69, 9.17) is 4.74 Å². The SMILES string of the molecule is c1nn(CC2CCCC2)c2c1CNC[C@@H]2COCC1CC1. The van der Waals surface area contributed by atoms with E-state index < -0.39 is 0 Å². The summed E-state index contributed by atoms with van der Waals surface area (Å²) in [5, 5.41) is 8.21. The van der Waals surface area contributed by atoms with Crippen LogP contribution in [0.25, 0.3) is 0 Å². The van der Waals surface area contributed by atoms with E-state index in [0.717, 1.165) is 44.7 Å². The summed E-state index contributed by atoms with van der Waals surface area (Å²) in [6.07, 6.45) is 10.4. The van der Waals surface area contributed by atoms with Crippen molar-refractivity contribution < 1.29 is 4.74 Å². The van der Waals surface area contributed by atoms with Crippen molar-refractivity contribution in [3.05, 3.63) is 17.5 Å². The molecular weight excluding hydrogens is 262 g/mol. The molecule has 4 nitrogen and oxygen atoms in total. The average molecular weight is 289 g/mol. The fourth-order valence-electron chi connectivity index (χ4n) is 3.90. The van der Waals surface area contributed by atoms with E-state index in [2.05, 4.69) is 21.3 Å². The van der Waals surface area contributed by atoms with Gasteiger partial charge in [-0.05, 0) is 37.5 Å². The van der Waals surface area contributed by atoms with Crippen molar-refractivity contribution in [3.8, 4) is 0 Å². The zero-order valence-corrected chi connectivity index (χ0v) is 12.9. The van der Waals surface area contributed by atoms with Gasteiger partial charge < -0.3 is 10.1 Å². The van der Waals surface area contributed by atoms with E-state index >= 15 is 0 Å². The van der Waals surface area contributed by atoms with Crippen LogP contribution in [-0.4, -0.2) is 29.5 Å². The first-order valence-corrected chi connectivity index (χ1v) is 8.73. The predicted octanol–water partition coefficient (Wildman–Crippen LogP) is 2.69. The van der Waals surface area contributed by atoms with Gasteiger partial charge in [0.25, 0.3) is 0 Å². The fraction of sp³-hybridized carbons (Fsp3) is 0.824. The third-order valence-corrected chi connectivity index (χ3v) is 5.33. The molecular formula is C17H27N3O. The van der Waals surface area contributed by atoms with Crippen molar-refractivity contribution in [1.29, 1.82) is 0 Å². The van der Waals surface area contributed by atoms with Crippen LogP contribution in [-0.2, 0) is 17.8 Å². The molecule has 1 N–H and O–H groups in total. The molecule has 0 radical (unpaired) electrons. The Kier molecular flexibility index (Phi) is 3.99. The minimum absolute atomic E-state index is 0.483. The zero-order valence-electron chi connectivity index (χ0n) is 12.9. The maximum Gasteiger partial charge on any atom is 0.0562 e. The number of rotatable bonds is 6. The molecule has 2 heterocycles. The van der Waals surface area contributed by atoms with Gasteiger partial charge >= 0.3 is 0 Å². The Balaban J connectivity index is 1.43. The smallest absolute Gasteiger partial charge is 0.0562 e. The molecule has 3 aliphatic rings. The Labute approximate surface area is 127 Å². The molecule has 21 heavy (non-hydrogen) atoms. The molecule has 1 aliphatic heterocycles. The maximum atomic E-state index is 5.97. The quantitative estimate of drug-likeness (QED) is 0.875. The highest BCUT2D eigenvalue weighted by molar-refractivity contribution is 5.25. The molecule has 0 amide bonds. The van der Waals surface area contributed by atoms with E-state index in [-0.39, 0.29) is 0 Å². The normalized spacial score (nSPS) is 26.2. The van der Waals surface area contributed by atoms with Gasteiger partial charge in [-0.15, -0.1) is 0 Å². The van der Waals surface area contributed by atoms with Crippen molar-refractivity contribution in [1.82, 2.24) is 15.1 Å². The second kappa shape index (κ2) is 6.09. The number of hydrogen-bond donors (Lipinski definition) is 1. The predicted molar refractivity (Wildman–Crippen MR) is 82.2 cm³/mol. The summed E-state index contributed by atoms with van der Waals surface area (Å²) in [6, 6.07) is 0. The van der Waals surface area contributed by atoms with Crippen LogP contribution >= 0.6 is 0 Å². The summed E-state index contributed by atoms with van der Waals surface area (Å²) in [5.74, 6) is 2.18. The molecule has 2 aliphatic carbocycles. The van der Waals surface area contributed by atoms with Crippen LogP contribution < -0.4 is 5.32 Å². The minimum Gasteiger partial charge on any atom is -0.380 e. The van der Waals surface area contributed by atoms with Gasteiger partial charge in [-0.1, -0.05) is 12.8 Å². The second-order valence-corrected chi connectivity index (χ2v) is 7.20. The average Bonchev–Trinajstić information content (AvgIpc) is 3.01. The molecule has 0 aromatic carbocycles. The van der Waals surface area contributed by atoms with Crippen molar-refractivity contribution >= 4 is 0 Å². The first-order valence-electron chi connectivity index (χ1n) is 8.73. The Bertz CT molecular complexity index is 474. The van der Waals surface area contributed by atoms with Gasteiger partial charge in [0.15, 0.2) is 0 Å². The molecule has 1 atom stereocenters. The summed E-state index contributed by atoms with van der Waals surface area (Å²) >= 11 is 0. The van der Waals surface area contributed by atoms with E-state index in [1.807, 2.05) is 0 Å². The van der Waals surface area contributed by atoms with Gasteiger partial charge in [0.1, 0.15) is 0 Å². The van der Waals surface area contributed by atoms with Crippen molar-refractivity contribution in [2.24, 2.45) is 11.8 Å². The van der Waals surface area contributed by atoms with Crippen LogP contribution in [0.4, 0.5) is 0 Å². The van der Waals surface area contributed by atoms with Crippen molar-refractivity contribution in [2.75, 3.05) is 19.8 Å². The lowest BCUT2D eigenvalue weighted by Crippen LogP contribution is -2.32. The highest BCUT2D eigenvalue weighted by Crippen LogP contribution is 2.31. The van der Waals surface area contributed by atoms with Crippen LogP contribution in [0, 0.1) is 11.8 Å². The number of hydrogen-bond acceptors (Lipinski definition) is 3. The lowest BCUT2D eigenvalue weighted by Gasteiger charge is -2.26. The fourth-order valence-corrected chi connectivity index (χ4v) is 3.90. The number of ether oxygens (including phenoxy) is 1. The highest BCUT2D eigenvalue weighted by Gasteiger charge is 2.28. The van der Waals surface area contributed by atoms with Gasteiger partial charge in [0, 0.05) is 43.4 Å². The van der Waals surface area contributed by atoms with Gasteiger partial charge in [0.2, 0.25) is 0 Å². The Morgan fingerprint density at radius 3 is 2.81 bits per heavy atom. The van der Waals surface area contributed by atoms with Gasteiger partial charge in [0.05, 0.1) is 12.8 Å². The number of nitrogens with one attached hydrogen (secondary N) is 1. The molecule has 0 saturated heterocycles. The van der Waals surface area contributed by atoms with Gasteiger partial charge in [-0.2, -0.15) is 5.10 Å². The van der Waals surface area contributed by atoms with Crippen molar-refractivity contribution in [3.63, 3.8) is 0 Å². The monoisotopic (exact) mass is 289 g/mol. The van der Waals surface area contributed by atoms with Crippen LogP contribution in [0.2, 0.25) is 0 Å². The minimum atomic E-state index is 0.483. The van der Waals surface area contributed by atoms with E-state index in [1.165, 1.54) is 49.8 Å². The zero-order chi connectivity index (χ0) is 14.1. The molecule has 4 rings (SSSR count). The Morgan fingerprint density at radius 2 is 2.00 bits per heavy atom. The third kappa shape index (κ3) is 3.16. The van der Waals surface area contributed by atoms with Crippen LogP contribution in [0.5, 0.6) is 0 Å². The van der Waals surface area contributed by atoms with Crippen LogP contribution in [0.3, 0.4) is 0 Å². The molecule has 2 saturated carbocycles. The van der Waals surface area contributed by atoms with Gasteiger partial charge in [-0.3, -0.25) is 4.68 Å². The summed E-state index contributed by atoms with van der Waals surface area (Å²) in [5.41, 5.74) is 2.84. The summed E-state index contributed by atoms with van der Waals surface area (Å²) in [4.78, 5) is 0. The molecule has 0 unspecified atom stereocenters. The summed E-state index contributed by atoms with van der Waals surface area (Å²) in [6.45, 7) is 4.94. The van der Waals surface area contributed by atoms with E-state index in [1.54, 1.807) is 0 Å². The standard InChI is InChI=1S/C17H27N3O/c1-2-4-13(3-1)10-20-17-15(9-19-20)7-18-8-16(17)12-21-11-14-5-6-14/h9,13-14,16,18H,1-8,10-12H2/t16-/m1/s1. The lowest BCUT2D eigenvalue weighted by atomic mass is 9.98. The van der Waals surface area contributed by atoms with E-state index in [9.17, 15) is 0 Å². The molecule has 0 bridgehead atoms. The summed E-state index contributed by atoms with van der Waals surface area (Å²) in [7, 11) is 0. The van der Waals surface area contributed by atoms with Crippen LogP contribution in [0.1, 0.15) is 55.7 Å². The highest BCUT2D eigenvalue weighted by atomic mass is 16.5. The molecule has 1 aromatic rings. The van der Waals surface area contributed by atoms with Gasteiger partial charge in [-0.25, -0.2) is 0 Å². The molecule has 0 spiro atoms. The largest absolute Gasteiger partial charge is 0.380 e. The molecule has 116 valence electrons. The van der Waals surface area contributed by atoms with Crippen molar-refractivity contribution in [2.45, 2.75) is 57.5 Å². The topological polar surface area (TPSA) is 39.1 Å². The number of nitrogens with zero attached hydrogens (tertiary/aromatic N) is 2. The first-order chi connectivity index (χ1) is 10.4. The first kappa shape index (κ1) is 13.8. The number of aromatic nitrogens is 2. The lowest BCUT2D eigenvalue weighted by molar-refractivity contribution is 0.106. The van der Waals surface area contributed by atoms with Crippen LogP contribution in [0.15, 0.2) is 6.20 Å². The maximum absolute atomic E-state index is 5.97. The molecule has 1 aromatic heterocycles. The summed E-state index contributed by atoms with van der Waals surface area (Å²) < 4.78 is 8.27. The number of fused-ring (bicyclic) bond motifs is 1. The van der Waals surface area contributed by atoms with E-state index in [0.29, 0.717) is 5.92 Å². The molecule has 2 fully saturated rings. The Morgan fingerprint density at radius 1 is 1.14 bits per heavy atom. The third-order valence-electron chi connectivity index (χ3n) is 5.33. The second-order valence-electron chi connectivity index (χ2n) is 7.20. The molecule has 4 heteroatoms. The Hall–Kier alpha value is -0.870.